The van der Waals surface area contributed by atoms with E-state index < -0.39 is 0 Å². The first-order valence-electron chi connectivity index (χ1n) is 10.5. The fourth-order valence-corrected chi connectivity index (χ4v) is 4.81. The van der Waals surface area contributed by atoms with Gasteiger partial charge in [0, 0.05) is 6.61 Å². The van der Waals surface area contributed by atoms with Crippen LogP contribution in [0.3, 0.4) is 0 Å². The monoisotopic (exact) mass is 449 g/mol. The smallest absolute Gasteiger partial charge is 0.282 e. The Morgan fingerprint density at radius 2 is 2.06 bits per heavy atom. The molecule has 9 heteroatoms. The Morgan fingerprint density at radius 3 is 2.78 bits per heavy atom. The molecule has 8 nitrogen and oxygen atoms in total. The molecule has 0 bridgehead atoms. The molecule has 0 radical (unpaired) electrons. The summed E-state index contributed by atoms with van der Waals surface area (Å²) in [6, 6.07) is 15.3. The number of hydrogen-bond donors (Lipinski definition) is 0. The van der Waals surface area contributed by atoms with E-state index in [0.717, 1.165) is 41.1 Å². The second-order valence-corrected chi connectivity index (χ2v) is 8.66. The molecule has 1 atom stereocenters. The summed E-state index contributed by atoms with van der Waals surface area (Å²) in [7, 11) is 1.62. The van der Waals surface area contributed by atoms with Crippen molar-refractivity contribution >= 4 is 32.6 Å². The summed E-state index contributed by atoms with van der Waals surface area (Å²) < 4.78 is 13.7. The average molecular weight is 450 g/mol. The largest absolute Gasteiger partial charge is 0.497 e. The van der Waals surface area contributed by atoms with Gasteiger partial charge in [-0.3, -0.25) is 9.69 Å². The second kappa shape index (κ2) is 8.68. The maximum atomic E-state index is 13.7. The van der Waals surface area contributed by atoms with Gasteiger partial charge in [0.1, 0.15) is 5.75 Å². The van der Waals surface area contributed by atoms with Crippen LogP contribution in [0.25, 0.3) is 15.9 Å². The van der Waals surface area contributed by atoms with E-state index in [2.05, 4.69) is 10.3 Å². The molecular weight excluding hydrogens is 426 g/mol. The van der Waals surface area contributed by atoms with Crippen LogP contribution in [0.15, 0.2) is 48.5 Å². The van der Waals surface area contributed by atoms with Crippen molar-refractivity contribution in [2.75, 3.05) is 25.2 Å². The van der Waals surface area contributed by atoms with E-state index >= 15 is 0 Å². The van der Waals surface area contributed by atoms with Crippen molar-refractivity contribution in [3.05, 3.63) is 59.9 Å². The highest BCUT2D eigenvalue weighted by Gasteiger charge is 2.30. The molecule has 4 aromatic rings. The maximum Gasteiger partial charge on any atom is 0.282 e. The standard InChI is InChI=1S/C23H23N5O3S/c1-15-21(25-26-28(15)16-9-11-17(30-2)12-10-16)22(29)27(14-18-6-5-13-31-18)23-24-19-7-3-4-8-20(19)32-23/h3-4,7-12,18H,5-6,13-14H2,1-2H3. The van der Waals surface area contributed by atoms with Crippen molar-refractivity contribution in [2.24, 2.45) is 0 Å². The molecule has 2 aromatic carbocycles. The molecule has 32 heavy (non-hydrogen) atoms. The number of amides is 1. The van der Waals surface area contributed by atoms with E-state index in [1.165, 1.54) is 11.3 Å². The Labute approximate surface area is 189 Å². The van der Waals surface area contributed by atoms with Gasteiger partial charge in [-0.25, -0.2) is 9.67 Å². The quantitative estimate of drug-likeness (QED) is 0.442. The van der Waals surface area contributed by atoms with E-state index in [0.29, 0.717) is 23.1 Å². The van der Waals surface area contributed by atoms with Gasteiger partial charge < -0.3 is 9.47 Å². The molecule has 0 saturated carbocycles. The molecule has 5 rings (SSSR count). The van der Waals surface area contributed by atoms with Crippen LogP contribution < -0.4 is 9.64 Å². The van der Waals surface area contributed by atoms with Gasteiger partial charge in [0.2, 0.25) is 0 Å². The Bertz CT molecular complexity index is 1210. The van der Waals surface area contributed by atoms with E-state index in [-0.39, 0.29) is 12.0 Å². The number of carbonyl (C=O) groups is 1. The molecule has 0 N–H and O–H groups in total. The Hall–Kier alpha value is -3.30. The molecule has 1 aliphatic rings. The zero-order valence-corrected chi connectivity index (χ0v) is 18.7. The molecule has 1 amide bonds. The highest BCUT2D eigenvalue weighted by Crippen LogP contribution is 2.31. The summed E-state index contributed by atoms with van der Waals surface area (Å²) in [4.78, 5) is 20.1. The van der Waals surface area contributed by atoms with Crippen LogP contribution in [0.2, 0.25) is 0 Å². The van der Waals surface area contributed by atoms with Gasteiger partial charge in [-0.05, 0) is 56.2 Å². The van der Waals surface area contributed by atoms with Gasteiger partial charge in [0.05, 0.1) is 41.4 Å². The molecule has 0 spiro atoms. The van der Waals surface area contributed by atoms with Gasteiger partial charge in [-0.1, -0.05) is 28.7 Å². The van der Waals surface area contributed by atoms with Gasteiger partial charge >= 0.3 is 0 Å². The summed E-state index contributed by atoms with van der Waals surface area (Å²) in [5.74, 6) is 0.526. The first-order valence-corrected chi connectivity index (χ1v) is 11.3. The number of fused-ring (bicyclic) bond motifs is 1. The number of carbonyl (C=O) groups excluding carboxylic acids is 1. The number of para-hydroxylation sites is 1. The highest BCUT2D eigenvalue weighted by atomic mass is 32.1. The van der Waals surface area contributed by atoms with Gasteiger partial charge in [-0.15, -0.1) is 5.10 Å². The lowest BCUT2D eigenvalue weighted by molar-refractivity contribution is 0.0913. The minimum absolute atomic E-state index is 0.0112. The molecule has 3 heterocycles. The fraction of sp³-hybridized carbons (Fsp3) is 0.304. The van der Waals surface area contributed by atoms with E-state index in [9.17, 15) is 4.79 Å². The topological polar surface area (TPSA) is 82.4 Å². The van der Waals surface area contributed by atoms with E-state index in [4.69, 9.17) is 14.5 Å². The minimum atomic E-state index is -0.225. The fourth-order valence-electron chi connectivity index (χ4n) is 3.84. The van der Waals surface area contributed by atoms with Crippen LogP contribution in [0.4, 0.5) is 5.13 Å². The van der Waals surface area contributed by atoms with Gasteiger partial charge in [0.15, 0.2) is 10.8 Å². The summed E-state index contributed by atoms with van der Waals surface area (Å²) in [6.07, 6.45) is 1.91. The van der Waals surface area contributed by atoms with E-state index in [1.807, 2.05) is 55.5 Å². The van der Waals surface area contributed by atoms with Gasteiger partial charge in [0.25, 0.3) is 5.91 Å². The number of thiazole rings is 1. The summed E-state index contributed by atoms with van der Waals surface area (Å²) >= 11 is 1.49. The molecule has 2 aromatic heterocycles. The molecule has 1 unspecified atom stereocenters. The number of methoxy groups -OCH3 is 1. The minimum Gasteiger partial charge on any atom is -0.497 e. The summed E-state index contributed by atoms with van der Waals surface area (Å²) in [6.45, 7) is 3.01. The van der Waals surface area contributed by atoms with Crippen LogP contribution in [0, 0.1) is 6.92 Å². The number of rotatable bonds is 6. The lowest BCUT2D eigenvalue weighted by Crippen LogP contribution is -2.38. The van der Waals surface area contributed by atoms with Crippen LogP contribution >= 0.6 is 11.3 Å². The van der Waals surface area contributed by atoms with Crippen LogP contribution in [0.5, 0.6) is 5.75 Å². The normalized spacial score (nSPS) is 15.9. The van der Waals surface area contributed by atoms with Crippen molar-refractivity contribution in [1.29, 1.82) is 0 Å². The SMILES string of the molecule is COc1ccc(-n2nnc(C(=O)N(CC3CCCO3)c3nc4ccccc4s3)c2C)cc1. The predicted octanol–water partition coefficient (Wildman–Crippen LogP) is 4.02. The number of benzene rings is 2. The molecule has 0 aliphatic carbocycles. The lowest BCUT2D eigenvalue weighted by atomic mass is 10.2. The second-order valence-electron chi connectivity index (χ2n) is 7.65. The number of nitrogens with zero attached hydrogens (tertiary/aromatic N) is 5. The molecular formula is C23H23N5O3S. The third-order valence-corrected chi connectivity index (χ3v) is 6.64. The van der Waals surface area contributed by atoms with Crippen LogP contribution in [-0.2, 0) is 4.74 Å². The van der Waals surface area contributed by atoms with Crippen LogP contribution in [0.1, 0.15) is 29.0 Å². The van der Waals surface area contributed by atoms with Crippen molar-refractivity contribution in [1.82, 2.24) is 20.0 Å². The number of anilines is 1. The Kier molecular flexibility index (Phi) is 5.59. The van der Waals surface area contributed by atoms with Crippen molar-refractivity contribution in [2.45, 2.75) is 25.9 Å². The Morgan fingerprint density at radius 1 is 1.25 bits per heavy atom. The lowest BCUT2D eigenvalue weighted by Gasteiger charge is -2.22. The molecule has 1 fully saturated rings. The van der Waals surface area contributed by atoms with Crippen molar-refractivity contribution in [3.8, 4) is 11.4 Å². The third-order valence-electron chi connectivity index (χ3n) is 5.58. The highest BCUT2D eigenvalue weighted by molar-refractivity contribution is 7.22. The number of hydrogen-bond acceptors (Lipinski definition) is 7. The first kappa shape index (κ1) is 20.6. The first-order chi connectivity index (χ1) is 15.6. The summed E-state index contributed by atoms with van der Waals surface area (Å²) in [5.41, 5.74) is 2.65. The summed E-state index contributed by atoms with van der Waals surface area (Å²) in [5, 5.41) is 9.12. The Balaban J connectivity index is 1.49. The number of ether oxygens (including phenoxy) is 2. The predicted molar refractivity (Wildman–Crippen MR) is 123 cm³/mol. The zero-order valence-electron chi connectivity index (χ0n) is 17.9. The zero-order chi connectivity index (χ0) is 22.1. The van der Waals surface area contributed by atoms with Crippen molar-refractivity contribution < 1.29 is 14.3 Å². The van der Waals surface area contributed by atoms with Crippen LogP contribution in [-0.4, -0.2) is 52.3 Å². The van der Waals surface area contributed by atoms with Crippen molar-refractivity contribution in [3.63, 3.8) is 0 Å². The maximum absolute atomic E-state index is 13.7. The molecule has 164 valence electrons. The molecule has 1 saturated heterocycles. The van der Waals surface area contributed by atoms with Gasteiger partial charge in [-0.2, -0.15) is 0 Å². The number of aromatic nitrogens is 4. The van der Waals surface area contributed by atoms with E-state index in [1.54, 1.807) is 16.7 Å². The average Bonchev–Trinajstić information content (AvgIpc) is 3.56. The molecule has 1 aliphatic heterocycles. The third kappa shape index (κ3) is 3.85.